The predicted molar refractivity (Wildman–Crippen MR) is 255 cm³/mol. The third-order valence-corrected chi connectivity index (χ3v) is 12.8. The van der Waals surface area contributed by atoms with E-state index in [-0.39, 0.29) is 69.5 Å². The number of aromatic nitrogens is 3. The van der Waals surface area contributed by atoms with Gasteiger partial charge in [-0.05, 0) is 51.4 Å². The highest BCUT2D eigenvalue weighted by Crippen LogP contribution is 2.33. The third-order valence-electron chi connectivity index (χ3n) is 11.3. The molecule has 2 unspecified atom stereocenters. The van der Waals surface area contributed by atoms with E-state index in [9.17, 15) is 43.2 Å². The molecular weight excluding hydrogens is 935 g/mol. The van der Waals surface area contributed by atoms with Crippen molar-refractivity contribution in [3.8, 4) is 0 Å². The summed E-state index contributed by atoms with van der Waals surface area (Å²) in [5.41, 5.74) is 0.567. The summed E-state index contributed by atoms with van der Waals surface area (Å²) in [7, 11) is 0. The Bertz CT molecular complexity index is 1860. The number of nitrogens with zero attached hydrogens (tertiary/aromatic N) is 4. The fourth-order valence-electron chi connectivity index (χ4n) is 7.58. The van der Waals surface area contributed by atoms with Gasteiger partial charge in [0.2, 0.25) is 47.3 Å². The summed E-state index contributed by atoms with van der Waals surface area (Å²) >= 11 is 1.88. The van der Waals surface area contributed by atoms with Crippen LogP contribution in [0.3, 0.4) is 0 Å². The average molecular weight is 1010 g/mol. The fraction of sp³-hybridized carbons (Fsp3) is 0.750. The molecule has 0 aromatic carbocycles. The van der Waals surface area contributed by atoms with Crippen LogP contribution < -0.4 is 47.9 Å². The molecule has 0 spiro atoms. The lowest BCUT2D eigenvalue weighted by molar-refractivity contribution is -0.137. The molecule has 0 aliphatic carbocycles. The number of carbonyl (C=O) groups is 9. The van der Waals surface area contributed by atoms with Crippen molar-refractivity contribution < 1.29 is 57.4 Å². The van der Waals surface area contributed by atoms with E-state index in [4.69, 9.17) is 14.2 Å². The molecule has 1 aromatic rings. The van der Waals surface area contributed by atoms with E-state index in [1.807, 2.05) is 18.7 Å². The van der Waals surface area contributed by atoms with E-state index < -0.39 is 67.0 Å². The highest BCUT2D eigenvalue weighted by molar-refractivity contribution is 8.00. The van der Waals surface area contributed by atoms with Crippen molar-refractivity contribution in [2.24, 2.45) is 0 Å². The molecule has 4 heterocycles. The maximum absolute atomic E-state index is 13.3. The molecule has 1 aromatic heterocycles. The predicted octanol–water partition coefficient (Wildman–Crippen LogP) is -2.63. The molecule has 9 N–H and O–H groups in total. The van der Waals surface area contributed by atoms with Crippen molar-refractivity contribution in [2.45, 2.75) is 114 Å². The number of rotatable bonds is 22. The maximum Gasteiger partial charge on any atom is 0.315 e. The lowest BCUT2D eigenvalue weighted by Crippen LogP contribution is -2.51. The third kappa shape index (κ3) is 23.3. The molecule has 70 heavy (non-hydrogen) atoms. The summed E-state index contributed by atoms with van der Waals surface area (Å²) in [5.74, 6) is -2.86. The number of aryl methyl sites for hydroxylation is 2. The topological polar surface area (TPSA) is 324 Å². The largest absolute Gasteiger partial charge is 0.379 e. The van der Waals surface area contributed by atoms with Crippen molar-refractivity contribution in [3.05, 3.63) is 11.9 Å². The van der Waals surface area contributed by atoms with Crippen LogP contribution in [0.5, 0.6) is 0 Å². The molecule has 2 bridgehead atoms. The summed E-state index contributed by atoms with van der Waals surface area (Å²) in [6.45, 7) is 3.63. The van der Waals surface area contributed by atoms with Crippen LogP contribution in [-0.2, 0) is 65.5 Å². The van der Waals surface area contributed by atoms with E-state index in [0.717, 1.165) is 25.0 Å². The van der Waals surface area contributed by atoms with Crippen LogP contribution in [0.25, 0.3) is 0 Å². The van der Waals surface area contributed by atoms with E-state index in [2.05, 4.69) is 58.2 Å². The summed E-state index contributed by atoms with van der Waals surface area (Å²) in [6, 6.07) is -0.592. The van der Waals surface area contributed by atoms with Crippen molar-refractivity contribution in [2.75, 3.05) is 97.8 Å². The summed E-state index contributed by atoms with van der Waals surface area (Å²) < 4.78 is 18.4. The minimum Gasteiger partial charge on any atom is -0.379 e. The van der Waals surface area contributed by atoms with Crippen molar-refractivity contribution in [1.29, 1.82) is 0 Å². The Morgan fingerprint density at radius 2 is 1.39 bits per heavy atom. The van der Waals surface area contributed by atoms with Crippen LogP contribution in [-0.4, -0.2) is 194 Å². The SMILES string of the molecule is CCCN1CC(=O)NCC(=O)N[C@H](C(=O)NCCCOCCOCCOCCCNC(=O)CCCC[C@H]2SCC3NC(=O)NC32)CCCCn2cc(nn2)CCC(=O)NCC(=O)NCC(=O)NCC1=O. The molecule has 2 saturated heterocycles. The number of carbonyl (C=O) groups excluding carboxylic acids is 9. The lowest BCUT2D eigenvalue weighted by Gasteiger charge is -2.22. The Balaban J connectivity index is 1.08. The van der Waals surface area contributed by atoms with E-state index in [1.165, 1.54) is 4.90 Å². The molecule has 10 amide bonds. The van der Waals surface area contributed by atoms with Gasteiger partial charge in [-0.3, -0.25) is 43.0 Å². The Labute approximate surface area is 412 Å². The number of unbranched alkanes of at least 4 members (excludes halogenated alkanes) is 1. The van der Waals surface area contributed by atoms with Crippen LogP contribution in [0.4, 0.5) is 4.79 Å². The molecular formula is C44H73N13O12S. The monoisotopic (exact) mass is 1010 g/mol. The molecule has 0 radical (unpaired) electrons. The zero-order chi connectivity index (χ0) is 50.4. The molecule has 25 nitrogen and oxygen atoms in total. The van der Waals surface area contributed by atoms with Crippen LogP contribution in [0, 0.1) is 0 Å². The molecule has 3 aliphatic heterocycles. The summed E-state index contributed by atoms with van der Waals surface area (Å²) in [4.78, 5) is 114. The molecule has 26 heteroatoms. The van der Waals surface area contributed by atoms with Crippen LogP contribution in [0.1, 0.15) is 83.2 Å². The lowest BCUT2D eigenvalue weighted by atomic mass is 10.0. The summed E-state index contributed by atoms with van der Waals surface area (Å²) in [6.07, 6.45) is 8.34. The van der Waals surface area contributed by atoms with Gasteiger partial charge < -0.3 is 67.0 Å². The minimum absolute atomic E-state index is 0.0325. The number of thioether (sulfide) groups is 1. The number of nitrogens with one attached hydrogen (secondary N) is 9. The highest BCUT2D eigenvalue weighted by atomic mass is 32.2. The molecule has 2 fully saturated rings. The first-order valence-electron chi connectivity index (χ1n) is 24.4. The Kier molecular flexibility index (Phi) is 26.9. The first-order valence-corrected chi connectivity index (χ1v) is 25.4. The number of amides is 10. The van der Waals surface area contributed by atoms with Gasteiger partial charge >= 0.3 is 6.03 Å². The van der Waals surface area contributed by atoms with Gasteiger partial charge in [-0.2, -0.15) is 11.8 Å². The normalized spacial score (nSPS) is 21.5. The minimum atomic E-state index is -0.914. The number of fused-ring (bicyclic) bond motifs is 3. The smallest absolute Gasteiger partial charge is 0.315 e. The average Bonchev–Trinajstić information content (AvgIpc) is 4.07. The Morgan fingerprint density at radius 1 is 0.729 bits per heavy atom. The Morgan fingerprint density at radius 3 is 2.11 bits per heavy atom. The van der Waals surface area contributed by atoms with Gasteiger partial charge in [0, 0.05) is 75.9 Å². The molecule has 392 valence electrons. The first kappa shape index (κ1) is 57.0. The van der Waals surface area contributed by atoms with Crippen molar-refractivity contribution in [3.63, 3.8) is 0 Å². The van der Waals surface area contributed by atoms with Crippen molar-refractivity contribution >= 4 is 65.1 Å². The Hall–Kier alpha value is -5.60. The van der Waals surface area contributed by atoms with Gasteiger partial charge in [0.15, 0.2) is 0 Å². The zero-order valence-electron chi connectivity index (χ0n) is 40.3. The quantitative estimate of drug-likeness (QED) is 0.0424. The second kappa shape index (κ2) is 33.1. The van der Waals surface area contributed by atoms with Crippen LogP contribution in [0.15, 0.2) is 6.20 Å². The molecule has 4 rings (SSSR count). The number of hydrogen-bond donors (Lipinski definition) is 9. The van der Waals surface area contributed by atoms with Crippen LogP contribution >= 0.6 is 11.8 Å². The van der Waals surface area contributed by atoms with Gasteiger partial charge in [-0.1, -0.05) is 18.6 Å². The van der Waals surface area contributed by atoms with Crippen molar-refractivity contribution in [1.82, 2.24) is 67.7 Å². The molecule has 3 aliphatic rings. The van der Waals surface area contributed by atoms with E-state index >= 15 is 0 Å². The summed E-state index contributed by atoms with van der Waals surface area (Å²) in [5, 5.41) is 32.8. The number of hydrogen-bond acceptors (Lipinski definition) is 15. The van der Waals surface area contributed by atoms with Gasteiger partial charge in [0.25, 0.3) is 0 Å². The standard InChI is InChI=1S/C44H73N13O12S/c1-2-16-56-29-40(63)49-26-39(62)51-32(9-5-6-17-57-28-31(54-55-57)12-13-36(59)47-24-37(60)48-25-38(61)50-27-41(56)64)43(65)46-15-8-19-68-21-23-69-22-20-67-18-7-14-45-35(58)11-4-3-10-34-42-33(30-70-34)52-44(66)53-42/h28,32-34,42H,2-27,29-30H2,1H3,(H,45,58)(H,46,65)(H,47,59)(H,48,60)(H,49,63)(H,50,61)(H,51,62)(H2,52,53,66)/t32-,33?,34+,42?/m0/s1. The van der Waals surface area contributed by atoms with Gasteiger partial charge in [-0.15, -0.1) is 5.10 Å². The number of ether oxygens (including phenoxy) is 3. The van der Waals surface area contributed by atoms with E-state index in [0.29, 0.717) is 102 Å². The zero-order valence-corrected chi connectivity index (χ0v) is 41.1. The van der Waals surface area contributed by atoms with Gasteiger partial charge in [0.05, 0.1) is 76.9 Å². The second-order valence-corrected chi connectivity index (χ2v) is 18.3. The number of urea groups is 1. The van der Waals surface area contributed by atoms with E-state index in [1.54, 1.807) is 10.9 Å². The second-order valence-electron chi connectivity index (χ2n) is 17.1. The molecule has 0 saturated carbocycles. The first-order chi connectivity index (χ1) is 33.9. The van der Waals surface area contributed by atoms with Crippen LogP contribution in [0.2, 0.25) is 0 Å². The highest BCUT2D eigenvalue weighted by Gasteiger charge is 2.42. The van der Waals surface area contributed by atoms with Gasteiger partial charge in [0.1, 0.15) is 6.04 Å². The maximum atomic E-state index is 13.3. The molecule has 4 atom stereocenters. The fourth-order valence-corrected chi connectivity index (χ4v) is 9.13. The van der Waals surface area contributed by atoms with Gasteiger partial charge in [-0.25, -0.2) is 4.79 Å².